The molecule has 0 spiro atoms. The zero-order chi connectivity index (χ0) is 10.2. The van der Waals surface area contributed by atoms with Gasteiger partial charge in [-0.3, -0.25) is 0 Å². The fraction of sp³-hybridized carbons (Fsp3) is 0.556. The standard InChI is InChI=1S/C9H10F2N2S/c1-14-8-12-5-6-3-2-4-9(10,11)7(6)13-8/h5H,2-4H2,1H3. The van der Waals surface area contributed by atoms with Gasteiger partial charge >= 0.3 is 0 Å². The third-order valence-corrected chi connectivity index (χ3v) is 2.87. The van der Waals surface area contributed by atoms with Crippen molar-refractivity contribution in [3.63, 3.8) is 0 Å². The largest absolute Gasteiger partial charge is 0.290 e. The van der Waals surface area contributed by atoms with Crippen LogP contribution in [-0.4, -0.2) is 16.2 Å². The highest BCUT2D eigenvalue weighted by atomic mass is 32.2. The maximum absolute atomic E-state index is 13.4. The molecule has 1 aliphatic carbocycles. The number of nitrogens with zero attached hydrogens (tertiary/aromatic N) is 2. The molecule has 0 aromatic carbocycles. The fourth-order valence-electron chi connectivity index (χ4n) is 1.61. The normalized spacial score (nSPS) is 19.1. The van der Waals surface area contributed by atoms with E-state index in [0.29, 0.717) is 23.6 Å². The van der Waals surface area contributed by atoms with Gasteiger partial charge < -0.3 is 0 Å². The van der Waals surface area contributed by atoms with Crippen LogP contribution in [0.4, 0.5) is 8.78 Å². The lowest BCUT2D eigenvalue weighted by molar-refractivity contribution is -0.0271. The molecule has 0 saturated heterocycles. The molecule has 1 aliphatic rings. The molecule has 1 aromatic heterocycles. The van der Waals surface area contributed by atoms with E-state index in [1.165, 1.54) is 18.0 Å². The summed E-state index contributed by atoms with van der Waals surface area (Å²) in [6, 6.07) is 0. The summed E-state index contributed by atoms with van der Waals surface area (Å²) in [4.78, 5) is 7.88. The summed E-state index contributed by atoms with van der Waals surface area (Å²) in [5.74, 6) is -2.76. The zero-order valence-corrected chi connectivity index (χ0v) is 8.57. The van der Waals surface area contributed by atoms with Crippen LogP contribution < -0.4 is 0 Å². The molecule has 0 radical (unpaired) electrons. The Morgan fingerprint density at radius 3 is 3.00 bits per heavy atom. The van der Waals surface area contributed by atoms with Crippen LogP contribution in [-0.2, 0) is 12.3 Å². The summed E-state index contributed by atoms with van der Waals surface area (Å²) in [7, 11) is 0. The van der Waals surface area contributed by atoms with Crippen LogP contribution in [0.2, 0.25) is 0 Å². The molecule has 0 N–H and O–H groups in total. The predicted molar refractivity (Wildman–Crippen MR) is 50.6 cm³/mol. The highest BCUT2D eigenvalue weighted by molar-refractivity contribution is 7.98. The molecule has 0 unspecified atom stereocenters. The van der Waals surface area contributed by atoms with Crippen molar-refractivity contribution in [3.8, 4) is 0 Å². The molecule has 0 fully saturated rings. The molecular weight excluding hydrogens is 206 g/mol. The lowest BCUT2D eigenvalue weighted by Gasteiger charge is -2.23. The van der Waals surface area contributed by atoms with Crippen LogP contribution >= 0.6 is 11.8 Å². The van der Waals surface area contributed by atoms with Gasteiger partial charge in [-0.1, -0.05) is 11.8 Å². The number of thioether (sulfide) groups is 1. The average Bonchev–Trinajstić information content (AvgIpc) is 2.17. The van der Waals surface area contributed by atoms with E-state index in [9.17, 15) is 8.78 Å². The van der Waals surface area contributed by atoms with E-state index in [1.807, 2.05) is 0 Å². The van der Waals surface area contributed by atoms with E-state index in [-0.39, 0.29) is 12.1 Å². The third-order valence-electron chi connectivity index (χ3n) is 2.31. The Hall–Kier alpha value is -0.710. The molecule has 2 rings (SSSR count). The number of fused-ring (bicyclic) bond motifs is 1. The smallest absolute Gasteiger partial charge is 0.231 e. The Balaban J connectivity index is 2.49. The fourth-order valence-corrected chi connectivity index (χ4v) is 1.95. The molecule has 14 heavy (non-hydrogen) atoms. The van der Waals surface area contributed by atoms with Crippen molar-refractivity contribution >= 4 is 11.8 Å². The van der Waals surface area contributed by atoms with Gasteiger partial charge in [0, 0.05) is 12.6 Å². The van der Waals surface area contributed by atoms with Gasteiger partial charge in [-0.2, -0.15) is 8.78 Å². The molecule has 0 atom stereocenters. The minimum Gasteiger partial charge on any atom is -0.231 e. The molecule has 0 bridgehead atoms. The molecule has 2 nitrogen and oxygen atoms in total. The Morgan fingerprint density at radius 1 is 1.50 bits per heavy atom. The lowest BCUT2D eigenvalue weighted by Crippen LogP contribution is -2.23. The van der Waals surface area contributed by atoms with Crippen molar-refractivity contribution in [1.82, 2.24) is 9.97 Å². The number of aromatic nitrogens is 2. The van der Waals surface area contributed by atoms with Gasteiger partial charge in [0.25, 0.3) is 5.92 Å². The van der Waals surface area contributed by atoms with Gasteiger partial charge in [0.05, 0.1) is 0 Å². The van der Waals surface area contributed by atoms with E-state index in [0.717, 1.165) is 0 Å². The van der Waals surface area contributed by atoms with E-state index in [1.54, 1.807) is 6.26 Å². The van der Waals surface area contributed by atoms with Gasteiger partial charge in [0.2, 0.25) is 0 Å². The molecule has 5 heteroatoms. The summed E-state index contributed by atoms with van der Waals surface area (Å²) >= 11 is 1.29. The number of aryl methyl sites for hydroxylation is 1. The highest BCUT2D eigenvalue weighted by Gasteiger charge is 2.38. The van der Waals surface area contributed by atoms with Gasteiger partial charge in [-0.05, 0) is 24.7 Å². The highest BCUT2D eigenvalue weighted by Crippen LogP contribution is 2.38. The first-order valence-electron chi connectivity index (χ1n) is 4.42. The Morgan fingerprint density at radius 2 is 2.29 bits per heavy atom. The Kier molecular flexibility index (Phi) is 2.43. The summed E-state index contributed by atoms with van der Waals surface area (Å²) in [6.07, 6.45) is 4.40. The second-order valence-corrected chi connectivity index (χ2v) is 4.06. The van der Waals surface area contributed by atoms with E-state index < -0.39 is 5.92 Å². The SMILES string of the molecule is CSc1ncc2c(n1)C(F)(F)CCC2. The molecule has 0 amide bonds. The number of halogens is 2. The van der Waals surface area contributed by atoms with Crippen molar-refractivity contribution in [2.24, 2.45) is 0 Å². The van der Waals surface area contributed by atoms with Gasteiger partial charge in [0.15, 0.2) is 5.16 Å². The topological polar surface area (TPSA) is 25.8 Å². The van der Waals surface area contributed by atoms with Crippen LogP contribution in [0.5, 0.6) is 0 Å². The van der Waals surface area contributed by atoms with Crippen LogP contribution in [0.3, 0.4) is 0 Å². The maximum Gasteiger partial charge on any atom is 0.290 e. The molecule has 1 aromatic rings. The van der Waals surface area contributed by atoms with Crippen molar-refractivity contribution in [3.05, 3.63) is 17.5 Å². The molecule has 0 aliphatic heterocycles. The van der Waals surface area contributed by atoms with Crippen molar-refractivity contribution in [2.75, 3.05) is 6.26 Å². The number of hydrogen-bond acceptors (Lipinski definition) is 3. The number of alkyl halides is 2. The quantitative estimate of drug-likeness (QED) is 0.533. The van der Waals surface area contributed by atoms with Crippen LogP contribution in [0.1, 0.15) is 24.1 Å². The first-order chi connectivity index (χ1) is 6.63. The average molecular weight is 216 g/mol. The molecular formula is C9H10F2N2S. The predicted octanol–water partition coefficient (Wildman–Crippen LogP) is 2.63. The number of hydrogen-bond donors (Lipinski definition) is 0. The summed E-state index contributed by atoms with van der Waals surface area (Å²) in [5, 5.41) is 0.422. The van der Waals surface area contributed by atoms with Gasteiger partial charge in [-0.15, -0.1) is 0 Å². The van der Waals surface area contributed by atoms with Gasteiger partial charge in [0.1, 0.15) is 5.69 Å². The van der Waals surface area contributed by atoms with E-state index >= 15 is 0 Å². The second-order valence-electron chi connectivity index (χ2n) is 3.29. The van der Waals surface area contributed by atoms with E-state index in [4.69, 9.17) is 0 Å². The maximum atomic E-state index is 13.4. The van der Waals surface area contributed by atoms with Crippen molar-refractivity contribution in [1.29, 1.82) is 0 Å². The van der Waals surface area contributed by atoms with Crippen molar-refractivity contribution in [2.45, 2.75) is 30.3 Å². The van der Waals surface area contributed by atoms with Crippen LogP contribution in [0, 0.1) is 0 Å². The first kappa shape index (κ1) is 9.83. The van der Waals surface area contributed by atoms with Crippen LogP contribution in [0.25, 0.3) is 0 Å². The third kappa shape index (κ3) is 1.61. The Labute approximate surface area is 85.1 Å². The summed E-state index contributed by atoms with van der Waals surface area (Å²) < 4.78 is 26.8. The Bertz CT molecular complexity index is 355. The van der Waals surface area contributed by atoms with Crippen LogP contribution in [0.15, 0.2) is 11.4 Å². The molecule has 76 valence electrons. The van der Waals surface area contributed by atoms with E-state index in [2.05, 4.69) is 9.97 Å². The minimum atomic E-state index is -2.76. The lowest BCUT2D eigenvalue weighted by atomic mass is 9.94. The summed E-state index contributed by atoms with van der Waals surface area (Å²) in [5.41, 5.74) is 0.530. The second kappa shape index (κ2) is 3.46. The van der Waals surface area contributed by atoms with Crippen molar-refractivity contribution < 1.29 is 8.78 Å². The molecule has 0 saturated carbocycles. The minimum absolute atomic E-state index is 0.0666. The summed E-state index contributed by atoms with van der Waals surface area (Å²) in [6.45, 7) is 0. The number of rotatable bonds is 1. The van der Waals surface area contributed by atoms with Gasteiger partial charge in [-0.25, -0.2) is 9.97 Å². The monoisotopic (exact) mass is 216 g/mol. The first-order valence-corrected chi connectivity index (χ1v) is 5.64. The zero-order valence-electron chi connectivity index (χ0n) is 7.76. The molecule has 1 heterocycles.